The highest BCUT2D eigenvalue weighted by molar-refractivity contribution is 5.77. The maximum atomic E-state index is 13.7. The summed E-state index contributed by atoms with van der Waals surface area (Å²) < 4.78 is 40.0. The van der Waals surface area contributed by atoms with Gasteiger partial charge < -0.3 is 10.6 Å². The van der Waals surface area contributed by atoms with E-state index in [1.807, 2.05) is 18.2 Å². The molecule has 0 bridgehead atoms. The predicted molar refractivity (Wildman–Crippen MR) is 97.6 cm³/mol. The van der Waals surface area contributed by atoms with Crippen molar-refractivity contribution in [1.29, 1.82) is 0 Å². The summed E-state index contributed by atoms with van der Waals surface area (Å²) in [6.07, 6.45) is 1.81. The average molecular weight is 376 g/mol. The third-order valence-electron chi connectivity index (χ3n) is 5.13. The maximum absolute atomic E-state index is 13.7. The number of likely N-dealkylation sites (tertiary alicyclic amines) is 1. The van der Waals surface area contributed by atoms with E-state index in [2.05, 4.69) is 12.1 Å². The SMILES string of the molecule is N[C@@H](CC(=O)N1CCC(c2ccccc2)CC1)Cc1cc(F)c(F)cc1F. The number of carbonyl (C=O) groups excluding carboxylic acids is 1. The number of hydrogen-bond acceptors (Lipinski definition) is 2. The van der Waals surface area contributed by atoms with Gasteiger partial charge in [-0.25, -0.2) is 13.2 Å². The van der Waals surface area contributed by atoms with Crippen molar-refractivity contribution in [3.8, 4) is 0 Å². The lowest BCUT2D eigenvalue weighted by atomic mass is 9.89. The lowest BCUT2D eigenvalue weighted by molar-refractivity contribution is -0.132. The summed E-state index contributed by atoms with van der Waals surface area (Å²) in [6.45, 7) is 1.31. The molecule has 0 unspecified atom stereocenters. The van der Waals surface area contributed by atoms with Crippen LogP contribution in [-0.4, -0.2) is 29.9 Å². The predicted octanol–water partition coefficient (Wildman–Crippen LogP) is 3.77. The molecule has 0 spiro atoms. The van der Waals surface area contributed by atoms with E-state index in [0.29, 0.717) is 25.1 Å². The zero-order valence-corrected chi connectivity index (χ0v) is 15.0. The lowest BCUT2D eigenvalue weighted by Crippen LogP contribution is -2.41. The number of benzene rings is 2. The summed E-state index contributed by atoms with van der Waals surface area (Å²) in [6, 6.07) is 10.9. The van der Waals surface area contributed by atoms with Gasteiger partial charge in [-0.3, -0.25) is 4.79 Å². The van der Waals surface area contributed by atoms with Crippen molar-refractivity contribution in [3.63, 3.8) is 0 Å². The van der Waals surface area contributed by atoms with Gasteiger partial charge in [0.25, 0.3) is 0 Å². The van der Waals surface area contributed by atoms with Gasteiger partial charge in [-0.2, -0.15) is 0 Å². The first-order valence-corrected chi connectivity index (χ1v) is 9.15. The Hall–Kier alpha value is -2.34. The molecule has 0 radical (unpaired) electrons. The highest BCUT2D eigenvalue weighted by Crippen LogP contribution is 2.28. The van der Waals surface area contributed by atoms with E-state index >= 15 is 0 Å². The largest absolute Gasteiger partial charge is 0.343 e. The van der Waals surface area contributed by atoms with Crippen LogP contribution in [0, 0.1) is 17.5 Å². The van der Waals surface area contributed by atoms with Crippen LogP contribution < -0.4 is 5.73 Å². The fraction of sp³-hybridized carbons (Fsp3) is 0.381. The number of amides is 1. The Labute approximate surface area is 157 Å². The molecule has 0 saturated carbocycles. The molecular formula is C21H23F3N2O. The smallest absolute Gasteiger partial charge is 0.224 e. The minimum absolute atomic E-state index is 0.0167. The third kappa shape index (κ3) is 4.89. The molecule has 144 valence electrons. The zero-order chi connectivity index (χ0) is 19.4. The van der Waals surface area contributed by atoms with Gasteiger partial charge in [0.05, 0.1) is 0 Å². The van der Waals surface area contributed by atoms with Crippen LogP contribution in [-0.2, 0) is 11.2 Å². The molecule has 3 rings (SSSR count). The van der Waals surface area contributed by atoms with Crippen molar-refractivity contribution in [2.24, 2.45) is 5.73 Å². The van der Waals surface area contributed by atoms with Crippen molar-refractivity contribution in [2.75, 3.05) is 13.1 Å². The van der Waals surface area contributed by atoms with Crippen molar-refractivity contribution in [2.45, 2.75) is 37.6 Å². The Balaban J connectivity index is 1.51. The van der Waals surface area contributed by atoms with Gasteiger partial charge in [0, 0.05) is 31.6 Å². The van der Waals surface area contributed by atoms with Crippen LogP contribution in [0.25, 0.3) is 0 Å². The standard InChI is InChI=1S/C21H23F3N2O/c22-18-13-20(24)19(23)11-16(18)10-17(25)12-21(27)26-8-6-15(7-9-26)14-4-2-1-3-5-14/h1-5,11,13,15,17H,6-10,12,25H2/t17-/m1/s1. The second kappa shape index (κ2) is 8.57. The fourth-order valence-corrected chi connectivity index (χ4v) is 3.62. The topological polar surface area (TPSA) is 46.3 Å². The lowest BCUT2D eigenvalue weighted by Gasteiger charge is -2.33. The summed E-state index contributed by atoms with van der Waals surface area (Å²) >= 11 is 0. The Bertz CT molecular complexity index is 790. The van der Waals surface area contributed by atoms with Crippen LogP contribution in [0.5, 0.6) is 0 Å². The number of nitrogens with zero attached hydrogens (tertiary/aromatic N) is 1. The number of hydrogen-bond donors (Lipinski definition) is 1. The summed E-state index contributed by atoms with van der Waals surface area (Å²) in [7, 11) is 0. The maximum Gasteiger partial charge on any atom is 0.224 e. The number of nitrogens with two attached hydrogens (primary N) is 1. The van der Waals surface area contributed by atoms with Gasteiger partial charge in [0.15, 0.2) is 11.6 Å². The van der Waals surface area contributed by atoms with Gasteiger partial charge in [-0.05, 0) is 42.4 Å². The van der Waals surface area contributed by atoms with Crippen LogP contribution in [0.1, 0.15) is 36.3 Å². The van der Waals surface area contributed by atoms with Gasteiger partial charge in [-0.1, -0.05) is 30.3 Å². The van der Waals surface area contributed by atoms with E-state index in [4.69, 9.17) is 5.73 Å². The molecule has 1 fully saturated rings. The van der Waals surface area contributed by atoms with Crippen LogP contribution in [0.3, 0.4) is 0 Å². The molecule has 1 heterocycles. The van der Waals surface area contributed by atoms with E-state index in [0.717, 1.165) is 18.9 Å². The van der Waals surface area contributed by atoms with Crippen LogP contribution >= 0.6 is 0 Å². The molecule has 1 aliphatic heterocycles. The number of piperidine rings is 1. The van der Waals surface area contributed by atoms with E-state index < -0.39 is 23.5 Å². The average Bonchev–Trinajstić information content (AvgIpc) is 2.67. The van der Waals surface area contributed by atoms with Gasteiger partial charge in [-0.15, -0.1) is 0 Å². The van der Waals surface area contributed by atoms with Crippen LogP contribution in [0.15, 0.2) is 42.5 Å². The van der Waals surface area contributed by atoms with Gasteiger partial charge >= 0.3 is 0 Å². The van der Waals surface area contributed by atoms with E-state index in [1.54, 1.807) is 4.90 Å². The third-order valence-corrected chi connectivity index (χ3v) is 5.13. The van der Waals surface area contributed by atoms with Crippen molar-refractivity contribution < 1.29 is 18.0 Å². The first-order valence-electron chi connectivity index (χ1n) is 9.15. The molecule has 3 nitrogen and oxygen atoms in total. The molecule has 27 heavy (non-hydrogen) atoms. The second-order valence-corrected chi connectivity index (χ2v) is 7.09. The van der Waals surface area contributed by atoms with Gasteiger partial charge in [0.2, 0.25) is 5.91 Å². The monoisotopic (exact) mass is 376 g/mol. The summed E-state index contributed by atoms with van der Waals surface area (Å²) in [4.78, 5) is 14.2. The molecular weight excluding hydrogens is 353 g/mol. The molecule has 0 aliphatic carbocycles. The van der Waals surface area contributed by atoms with E-state index in [9.17, 15) is 18.0 Å². The summed E-state index contributed by atoms with van der Waals surface area (Å²) in [5.74, 6) is -2.84. The zero-order valence-electron chi connectivity index (χ0n) is 15.0. The van der Waals surface area contributed by atoms with Crippen LogP contribution in [0.2, 0.25) is 0 Å². The van der Waals surface area contributed by atoms with Crippen molar-refractivity contribution in [1.82, 2.24) is 4.90 Å². The quantitative estimate of drug-likeness (QED) is 0.808. The first kappa shape index (κ1) is 19.4. The summed E-state index contributed by atoms with van der Waals surface area (Å²) in [5.41, 5.74) is 7.23. The highest BCUT2D eigenvalue weighted by atomic mass is 19.2. The summed E-state index contributed by atoms with van der Waals surface area (Å²) in [5, 5.41) is 0. The molecule has 0 aromatic heterocycles. The first-order chi connectivity index (χ1) is 12.9. The molecule has 2 aromatic rings. The molecule has 2 aromatic carbocycles. The van der Waals surface area contributed by atoms with Crippen molar-refractivity contribution in [3.05, 3.63) is 71.0 Å². The number of halogens is 3. The normalized spacial score (nSPS) is 16.4. The minimum atomic E-state index is -1.23. The van der Waals surface area contributed by atoms with Gasteiger partial charge in [0.1, 0.15) is 5.82 Å². The second-order valence-electron chi connectivity index (χ2n) is 7.09. The fourth-order valence-electron chi connectivity index (χ4n) is 3.62. The highest BCUT2D eigenvalue weighted by Gasteiger charge is 2.25. The molecule has 1 atom stereocenters. The minimum Gasteiger partial charge on any atom is -0.343 e. The van der Waals surface area contributed by atoms with Crippen LogP contribution in [0.4, 0.5) is 13.2 Å². The molecule has 1 saturated heterocycles. The van der Waals surface area contributed by atoms with E-state index in [1.165, 1.54) is 5.56 Å². The Morgan fingerprint density at radius 1 is 1.04 bits per heavy atom. The Morgan fingerprint density at radius 2 is 1.67 bits per heavy atom. The Kier molecular flexibility index (Phi) is 6.16. The molecule has 6 heteroatoms. The van der Waals surface area contributed by atoms with Crippen molar-refractivity contribution >= 4 is 5.91 Å². The van der Waals surface area contributed by atoms with E-state index in [-0.39, 0.29) is 24.3 Å². The number of rotatable bonds is 5. The molecule has 2 N–H and O–H groups in total. The molecule has 1 aliphatic rings. The number of carbonyl (C=O) groups is 1. The Morgan fingerprint density at radius 3 is 2.33 bits per heavy atom. The molecule has 1 amide bonds.